The highest BCUT2D eigenvalue weighted by atomic mass is 16.5. The van der Waals surface area contributed by atoms with Gasteiger partial charge in [-0.2, -0.15) is 0 Å². The second-order valence-corrected chi connectivity index (χ2v) is 3.60. The van der Waals surface area contributed by atoms with Crippen LogP contribution in [0.15, 0.2) is 12.2 Å². The maximum Gasteiger partial charge on any atom is 0.0707 e. The third-order valence-corrected chi connectivity index (χ3v) is 1.21. The van der Waals surface area contributed by atoms with E-state index in [1.165, 1.54) is 0 Å². The number of rotatable bonds is 5. The highest BCUT2D eigenvalue weighted by Crippen LogP contribution is 2.05. The van der Waals surface area contributed by atoms with Crippen LogP contribution in [-0.2, 0) is 9.47 Å². The first kappa shape index (κ1) is 11.7. The lowest BCUT2D eigenvalue weighted by molar-refractivity contribution is -0.0312. The Morgan fingerprint density at radius 3 is 2.33 bits per heavy atom. The Morgan fingerprint density at radius 1 is 1.17 bits per heavy atom. The van der Waals surface area contributed by atoms with Crippen molar-refractivity contribution in [3.8, 4) is 0 Å². The summed E-state index contributed by atoms with van der Waals surface area (Å²) in [5.74, 6) is 0. The Kier molecular flexibility index (Phi) is 6.03. The minimum Gasteiger partial charge on any atom is -0.375 e. The van der Waals surface area contributed by atoms with E-state index in [1.54, 1.807) is 0 Å². The number of hydrogen-bond acceptors (Lipinski definition) is 2. The molecule has 2 heteroatoms. The predicted molar refractivity (Wildman–Crippen MR) is 51.3 cm³/mol. The highest BCUT2D eigenvalue weighted by molar-refractivity contribution is 4.75. The molecule has 0 aliphatic carbocycles. The van der Waals surface area contributed by atoms with Gasteiger partial charge in [0, 0.05) is 0 Å². The summed E-state index contributed by atoms with van der Waals surface area (Å²) in [6.45, 7) is 10.1. The largest absolute Gasteiger partial charge is 0.375 e. The SMILES string of the molecule is CC=CCOCCOC(C)(C)C. The van der Waals surface area contributed by atoms with Crippen LogP contribution < -0.4 is 0 Å². The van der Waals surface area contributed by atoms with Gasteiger partial charge in [-0.1, -0.05) is 12.2 Å². The fraction of sp³-hybridized carbons (Fsp3) is 0.800. The molecule has 0 fully saturated rings. The lowest BCUT2D eigenvalue weighted by atomic mass is 10.2. The van der Waals surface area contributed by atoms with Gasteiger partial charge in [0.1, 0.15) is 0 Å². The summed E-state index contributed by atoms with van der Waals surface area (Å²) in [5, 5.41) is 0. The van der Waals surface area contributed by atoms with E-state index in [0.29, 0.717) is 19.8 Å². The zero-order chi connectivity index (χ0) is 9.45. The fourth-order valence-electron chi connectivity index (χ4n) is 0.654. The van der Waals surface area contributed by atoms with E-state index in [-0.39, 0.29) is 5.60 Å². The Morgan fingerprint density at radius 2 is 1.83 bits per heavy atom. The lowest BCUT2D eigenvalue weighted by Gasteiger charge is -2.19. The maximum atomic E-state index is 5.46. The molecule has 0 amide bonds. The second-order valence-electron chi connectivity index (χ2n) is 3.60. The van der Waals surface area contributed by atoms with Gasteiger partial charge in [-0.15, -0.1) is 0 Å². The molecule has 0 atom stereocenters. The van der Waals surface area contributed by atoms with Crippen molar-refractivity contribution in [2.24, 2.45) is 0 Å². The van der Waals surface area contributed by atoms with Crippen LogP contribution in [0.2, 0.25) is 0 Å². The highest BCUT2D eigenvalue weighted by Gasteiger charge is 2.08. The molecule has 0 aromatic carbocycles. The Bertz CT molecular complexity index is 122. The average Bonchev–Trinajstić information content (AvgIpc) is 1.94. The zero-order valence-electron chi connectivity index (χ0n) is 8.59. The van der Waals surface area contributed by atoms with Crippen molar-refractivity contribution in [2.45, 2.75) is 33.3 Å². The Labute approximate surface area is 75.6 Å². The molecule has 0 radical (unpaired) electrons. The molecule has 72 valence electrons. The molecule has 0 saturated carbocycles. The quantitative estimate of drug-likeness (QED) is 0.468. The lowest BCUT2D eigenvalue weighted by Crippen LogP contribution is -2.21. The first-order valence-electron chi connectivity index (χ1n) is 4.39. The Hall–Kier alpha value is -0.340. The summed E-state index contributed by atoms with van der Waals surface area (Å²) in [6, 6.07) is 0. The zero-order valence-corrected chi connectivity index (χ0v) is 8.59. The van der Waals surface area contributed by atoms with Gasteiger partial charge >= 0.3 is 0 Å². The van der Waals surface area contributed by atoms with Crippen LogP contribution in [0.5, 0.6) is 0 Å². The van der Waals surface area contributed by atoms with Crippen molar-refractivity contribution < 1.29 is 9.47 Å². The van der Waals surface area contributed by atoms with Gasteiger partial charge in [0.15, 0.2) is 0 Å². The van der Waals surface area contributed by atoms with Crippen molar-refractivity contribution in [1.29, 1.82) is 0 Å². The summed E-state index contributed by atoms with van der Waals surface area (Å²) in [7, 11) is 0. The second kappa shape index (κ2) is 6.21. The van der Waals surface area contributed by atoms with Gasteiger partial charge in [0.2, 0.25) is 0 Å². The molecule has 0 aliphatic heterocycles. The summed E-state index contributed by atoms with van der Waals surface area (Å²) in [5.41, 5.74) is -0.0516. The summed E-state index contributed by atoms with van der Waals surface area (Å²) < 4.78 is 10.7. The molecule has 2 nitrogen and oxygen atoms in total. The van der Waals surface area contributed by atoms with E-state index in [2.05, 4.69) is 0 Å². The standard InChI is InChI=1S/C10H20O2/c1-5-6-7-11-8-9-12-10(2,3)4/h5-6H,7-9H2,1-4H3. The minimum atomic E-state index is -0.0516. The van der Waals surface area contributed by atoms with Crippen molar-refractivity contribution >= 4 is 0 Å². The molecule has 0 heterocycles. The van der Waals surface area contributed by atoms with E-state index in [1.807, 2.05) is 39.8 Å². The van der Waals surface area contributed by atoms with Gasteiger partial charge in [0.25, 0.3) is 0 Å². The van der Waals surface area contributed by atoms with Gasteiger partial charge < -0.3 is 9.47 Å². The summed E-state index contributed by atoms with van der Waals surface area (Å²) >= 11 is 0. The molecule has 0 unspecified atom stereocenters. The molecule has 0 aromatic rings. The minimum absolute atomic E-state index is 0.0516. The van der Waals surface area contributed by atoms with E-state index in [4.69, 9.17) is 9.47 Å². The van der Waals surface area contributed by atoms with Crippen LogP contribution >= 0.6 is 0 Å². The van der Waals surface area contributed by atoms with E-state index in [0.717, 1.165) is 0 Å². The summed E-state index contributed by atoms with van der Waals surface area (Å²) in [4.78, 5) is 0. The van der Waals surface area contributed by atoms with Gasteiger partial charge in [-0.05, 0) is 27.7 Å². The molecule has 0 bridgehead atoms. The van der Waals surface area contributed by atoms with Crippen LogP contribution in [0.25, 0.3) is 0 Å². The van der Waals surface area contributed by atoms with E-state index in [9.17, 15) is 0 Å². The molecular weight excluding hydrogens is 152 g/mol. The first-order chi connectivity index (χ1) is 5.56. The third kappa shape index (κ3) is 9.66. The van der Waals surface area contributed by atoms with Gasteiger partial charge in [-0.3, -0.25) is 0 Å². The van der Waals surface area contributed by atoms with Crippen molar-refractivity contribution in [3.63, 3.8) is 0 Å². The molecule has 12 heavy (non-hydrogen) atoms. The van der Waals surface area contributed by atoms with Crippen LogP contribution in [-0.4, -0.2) is 25.4 Å². The normalized spacial score (nSPS) is 12.7. The molecule has 0 rings (SSSR count). The van der Waals surface area contributed by atoms with Crippen LogP contribution in [0.3, 0.4) is 0 Å². The molecule has 0 saturated heterocycles. The first-order valence-corrected chi connectivity index (χ1v) is 4.39. The summed E-state index contributed by atoms with van der Waals surface area (Å²) in [6.07, 6.45) is 3.96. The van der Waals surface area contributed by atoms with Crippen molar-refractivity contribution in [1.82, 2.24) is 0 Å². The predicted octanol–water partition coefficient (Wildman–Crippen LogP) is 2.39. The third-order valence-electron chi connectivity index (χ3n) is 1.21. The van der Waals surface area contributed by atoms with E-state index >= 15 is 0 Å². The smallest absolute Gasteiger partial charge is 0.0707 e. The number of hydrogen-bond donors (Lipinski definition) is 0. The van der Waals surface area contributed by atoms with E-state index < -0.39 is 0 Å². The molecule has 0 aromatic heterocycles. The van der Waals surface area contributed by atoms with Crippen LogP contribution in [0, 0.1) is 0 Å². The van der Waals surface area contributed by atoms with Gasteiger partial charge in [-0.25, -0.2) is 0 Å². The van der Waals surface area contributed by atoms with Crippen molar-refractivity contribution in [3.05, 3.63) is 12.2 Å². The fourth-order valence-corrected chi connectivity index (χ4v) is 0.654. The molecule has 0 N–H and O–H groups in total. The molecule has 0 aliphatic rings. The average molecular weight is 172 g/mol. The Balaban J connectivity index is 3.11. The number of allylic oxidation sites excluding steroid dienone is 1. The van der Waals surface area contributed by atoms with Gasteiger partial charge in [0.05, 0.1) is 25.4 Å². The molecule has 0 spiro atoms. The van der Waals surface area contributed by atoms with Crippen molar-refractivity contribution in [2.75, 3.05) is 19.8 Å². The maximum absolute atomic E-state index is 5.46. The topological polar surface area (TPSA) is 18.5 Å². The van der Waals surface area contributed by atoms with Crippen LogP contribution in [0.1, 0.15) is 27.7 Å². The molecular formula is C10H20O2. The monoisotopic (exact) mass is 172 g/mol. The van der Waals surface area contributed by atoms with Crippen LogP contribution in [0.4, 0.5) is 0 Å². The number of ether oxygens (including phenoxy) is 2.